The van der Waals surface area contributed by atoms with Crippen LogP contribution in [0.1, 0.15) is 0 Å². The molecule has 6 nitrogen and oxygen atoms in total. The van der Waals surface area contributed by atoms with Crippen molar-refractivity contribution >= 4 is 44.9 Å². The normalized spacial score (nSPS) is 11.3. The standard InChI is InChI=1S/C10H8Cl2N4O2S/c11-6-1-7(12)3-8(2-6)16-19(17,18)9-4-14-10(13)15-5-9/h1-5,16H,(H2,13,14,15). The van der Waals surface area contributed by atoms with E-state index in [9.17, 15) is 8.42 Å². The summed E-state index contributed by atoms with van der Waals surface area (Å²) in [7, 11) is -3.81. The first-order valence-electron chi connectivity index (χ1n) is 4.93. The molecule has 2 aromatic rings. The minimum atomic E-state index is -3.81. The zero-order valence-corrected chi connectivity index (χ0v) is 11.7. The number of halogens is 2. The van der Waals surface area contributed by atoms with Crippen LogP contribution in [0.25, 0.3) is 0 Å². The molecule has 0 aliphatic heterocycles. The van der Waals surface area contributed by atoms with E-state index in [1.165, 1.54) is 18.2 Å². The van der Waals surface area contributed by atoms with Crippen LogP contribution in [0.15, 0.2) is 35.5 Å². The van der Waals surface area contributed by atoms with Gasteiger partial charge in [0.1, 0.15) is 4.90 Å². The molecule has 9 heteroatoms. The van der Waals surface area contributed by atoms with Crippen LogP contribution in [-0.4, -0.2) is 18.4 Å². The second kappa shape index (κ2) is 5.20. The van der Waals surface area contributed by atoms with Crippen LogP contribution in [-0.2, 0) is 10.0 Å². The maximum absolute atomic E-state index is 12.0. The van der Waals surface area contributed by atoms with Crippen LogP contribution in [0, 0.1) is 0 Å². The number of hydrogen-bond donors (Lipinski definition) is 2. The molecule has 19 heavy (non-hydrogen) atoms. The quantitative estimate of drug-likeness (QED) is 0.903. The van der Waals surface area contributed by atoms with E-state index >= 15 is 0 Å². The number of aromatic nitrogens is 2. The van der Waals surface area contributed by atoms with Crippen molar-refractivity contribution in [1.29, 1.82) is 0 Å². The van der Waals surface area contributed by atoms with Crippen molar-refractivity contribution < 1.29 is 8.42 Å². The van der Waals surface area contributed by atoms with Crippen molar-refractivity contribution in [3.05, 3.63) is 40.6 Å². The lowest BCUT2D eigenvalue weighted by atomic mass is 10.3. The van der Waals surface area contributed by atoms with E-state index in [2.05, 4.69) is 14.7 Å². The first kappa shape index (κ1) is 13.9. The van der Waals surface area contributed by atoms with Gasteiger partial charge in [0.15, 0.2) is 0 Å². The minimum absolute atomic E-state index is 0.00949. The molecule has 2 rings (SSSR count). The van der Waals surface area contributed by atoms with Crippen molar-refractivity contribution in [3.8, 4) is 0 Å². The maximum atomic E-state index is 12.0. The van der Waals surface area contributed by atoms with Gasteiger partial charge in [0, 0.05) is 10.0 Å². The SMILES string of the molecule is Nc1ncc(S(=O)(=O)Nc2cc(Cl)cc(Cl)c2)cn1. The first-order valence-corrected chi connectivity index (χ1v) is 7.17. The van der Waals surface area contributed by atoms with Gasteiger partial charge in [0.05, 0.1) is 18.1 Å². The second-order valence-corrected chi connectivity index (χ2v) is 6.10. The Kier molecular flexibility index (Phi) is 3.79. The lowest BCUT2D eigenvalue weighted by Crippen LogP contribution is -2.14. The monoisotopic (exact) mass is 318 g/mol. The molecule has 0 aliphatic carbocycles. The van der Waals surface area contributed by atoms with Crippen molar-refractivity contribution in [3.63, 3.8) is 0 Å². The lowest BCUT2D eigenvalue weighted by Gasteiger charge is -2.08. The molecular weight excluding hydrogens is 311 g/mol. The molecule has 0 saturated heterocycles. The van der Waals surface area contributed by atoms with Gasteiger partial charge >= 0.3 is 0 Å². The number of nitrogens with two attached hydrogens (primary N) is 1. The van der Waals surface area contributed by atoms with Crippen LogP contribution in [0.3, 0.4) is 0 Å². The van der Waals surface area contributed by atoms with E-state index in [0.717, 1.165) is 12.4 Å². The number of hydrogen-bond acceptors (Lipinski definition) is 5. The number of nitrogens with one attached hydrogen (secondary N) is 1. The van der Waals surface area contributed by atoms with Gasteiger partial charge in [-0.3, -0.25) is 4.72 Å². The van der Waals surface area contributed by atoms with Crippen LogP contribution >= 0.6 is 23.2 Å². The number of anilines is 2. The van der Waals surface area contributed by atoms with Gasteiger partial charge in [0.2, 0.25) is 5.95 Å². The fraction of sp³-hybridized carbons (Fsp3) is 0. The molecule has 0 radical (unpaired) electrons. The highest BCUT2D eigenvalue weighted by molar-refractivity contribution is 7.92. The van der Waals surface area contributed by atoms with Gasteiger partial charge in [0.25, 0.3) is 10.0 Å². The fourth-order valence-corrected chi connectivity index (χ4v) is 2.75. The van der Waals surface area contributed by atoms with E-state index in [0.29, 0.717) is 10.0 Å². The molecule has 0 fully saturated rings. The molecule has 0 aliphatic rings. The summed E-state index contributed by atoms with van der Waals surface area (Å²) >= 11 is 11.6. The van der Waals surface area contributed by atoms with E-state index in [4.69, 9.17) is 28.9 Å². The second-order valence-electron chi connectivity index (χ2n) is 3.54. The summed E-state index contributed by atoms with van der Waals surface area (Å²) in [6.45, 7) is 0. The predicted octanol–water partition coefficient (Wildman–Crippen LogP) is 2.17. The lowest BCUT2D eigenvalue weighted by molar-refractivity contribution is 0.600. The van der Waals surface area contributed by atoms with E-state index in [-0.39, 0.29) is 16.5 Å². The molecule has 0 atom stereocenters. The van der Waals surface area contributed by atoms with Gasteiger partial charge in [-0.1, -0.05) is 23.2 Å². The predicted molar refractivity (Wildman–Crippen MR) is 73.7 cm³/mol. The summed E-state index contributed by atoms with van der Waals surface area (Å²) in [6, 6.07) is 4.36. The molecular formula is C10H8Cl2N4O2S. The molecule has 0 unspecified atom stereocenters. The number of benzene rings is 1. The number of rotatable bonds is 3. The minimum Gasteiger partial charge on any atom is -0.368 e. The van der Waals surface area contributed by atoms with Crippen LogP contribution in [0.4, 0.5) is 11.6 Å². The number of nitrogen functional groups attached to an aromatic ring is 1. The van der Waals surface area contributed by atoms with E-state index in [1.807, 2.05) is 0 Å². The smallest absolute Gasteiger partial charge is 0.264 e. The highest BCUT2D eigenvalue weighted by atomic mass is 35.5. The Labute approximate surface area is 119 Å². The van der Waals surface area contributed by atoms with Gasteiger partial charge in [-0.2, -0.15) is 0 Å². The Morgan fingerprint density at radius 1 is 1.05 bits per heavy atom. The zero-order chi connectivity index (χ0) is 14.0. The summed E-state index contributed by atoms with van der Waals surface area (Å²) in [5, 5.41) is 0.637. The van der Waals surface area contributed by atoms with Crippen molar-refractivity contribution in [2.24, 2.45) is 0 Å². The average Bonchev–Trinajstić information content (AvgIpc) is 2.27. The fourth-order valence-electron chi connectivity index (χ4n) is 1.29. The van der Waals surface area contributed by atoms with Crippen molar-refractivity contribution in [2.45, 2.75) is 4.90 Å². The van der Waals surface area contributed by atoms with Gasteiger partial charge in [-0.05, 0) is 18.2 Å². The topological polar surface area (TPSA) is 98.0 Å². The molecule has 3 N–H and O–H groups in total. The highest BCUT2D eigenvalue weighted by Crippen LogP contribution is 2.24. The third-order valence-corrected chi connectivity index (χ3v) is 3.85. The molecule has 1 aromatic carbocycles. The first-order chi connectivity index (χ1) is 8.87. The molecule has 1 heterocycles. The van der Waals surface area contributed by atoms with Crippen molar-refractivity contribution in [1.82, 2.24) is 9.97 Å². The Morgan fingerprint density at radius 2 is 1.58 bits per heavy atom. The summed E-state index contributed by atoms with van der Waals surface area (Å²) in [5.41, 5.74) is 5.53. The molecule has 1 aromatic heterocycles. The average molecular weight is 319 g/mol. The molecule has 0 saturated carbocycles. The zero-order valence-electron chi connectivity index (χ0n) is 9.34. The number of sulfonamides is 1. The van der Waals surface area contributed by atoms with Gasteiger partial charge < -0.3 is 5.73 Å². The van der Waals surface area contributed by atoms with E-state index in [1.54, 1.807) is 0 Å². The maximum Gasteiger partial charge on any atom is 0.264 e. The Hall–Kier alpha value is -1.57. The van der Waals surface area contributed by atoms with Gasteiger partial charge in [-0.25, -0.2) is 18.4 Å². The summed E-state index contributed by atoms with van der Waals surface area (Å²) < 4.78 is 26.4. The summed E-state index contributed by atoms with van der Waals surface area (Å²) in [5.74, 6) is -0.00949. The van der Waals surface area contributed by atoms with Crippen LogP contribution in [0.5, 0.6) is 0 Å². The van der Waals surface area contributed by atoms with E-state index < -0.39 is 10.0 Å². The largest absolute Gasteiger partial charge is 0.368 e. The van der Waals surface area contributed by atoms with Crippen molar-refractivity contribution in [2.75, 3.05) is 10.5 Å². The third kappa shape index (κ3) is 3.46. The molecule has 100 valence electrons. The Bertz CT molecular complexity index is 684. The van der Waals surface area contributed by atoms with Crippen LogP contribution in [0.2, 0.25) is 10.0 Å². The van der Waals surface area contributed by atoms with Gasteiger partial charge in [-0.15, -0.1) is 0 Å². The highest BCUT2D eigenvalue weighted by Gasteiger charge is 2.15. The summed E-state index contributed by atoms with van der Waals surface area (Å²) in [6.07, 6.45) is 2.22. The van der Waals surface area contributed by atoms with Crippen LogP contribution < -0.4 is 10.5 Å². The Balaban J connectivity index is 2.33. The molecule has 0 amide bonds. The molecule has 0 bridgehead atoms. The third-order valence-electron chi connectivity index (χ3n) is 2.07. The number of nitrogens with zero attached hydrogens (tertiary/aromatic N) is 2. The Morgan fingerprint density at radius 3 is 2.11 bits per heavy atom. The summed E-state index contributed by atoms with van der Waals surface area (Å²) in [4.78, 5) is 7.12. The molecule has 0 spiro atoms.